The quantitative estimate of drug-likeness (QED) is 0.159. The van der Waals surface area contributed by atoms with Crippen LogP contribution in [-0.4, -0.2) is 52.0 Å². The molecule has 1 aliphatic rings. The van der Waals surface area contributed by atoms with Crippen LogP contribution < -0.4 is 10.1 Å². The number of benzene rings is 2. The van der Waals surface area contributed by atoms with Crippen LogP contribution in [0.2, 0.25) is 0 Å². The van der Waals surface area contributed by atoms with E-state index in [2.05, 4.69) is 16.8 Å². The third kappa shape index (κ3) is 6.06. The van der Waals surface area contributed by atoms with Gasteiger partial charge < -0.3 is 14.8 Å². The Labute approximate surface area is 247 Å². The highest BCUT2D eigenvalue weighted by molar-refractivity contribution is 6.32. The predicted octanol–water partition coefficient (Wildman–Crippen LogP) is 6.41. The minimum atomic E-state index is -0.728. The second-order valence-electron chi connectivity index (χ2n) is 9.80. The number of nitrogens with zero attached hydrogens (tertiary/aromatic N) is 5. The number of allylic oxidation sites excluding steroid dienone is 4. The number of halogens is 3. The van der Waals surface area contributed by atoms with E-state index in [0.29, 0.717) is 53.3 Å². The lowest BCUT2D eigenvalue weighted by Gasteiger charge is -2.14. The maximum atomic E-state index is 15.1. The summed E-state index contributed by atoms with van der Waals surface area (Å²) in [5, 5.41) is 9.40. The summed E-state index contributed by atoms with van der Waals surface area (Å²) in [7, 11) is 3.53. The van der Waals surface area contributed by atoms with Crippen molar-refractivity contribution in [3.8, 4) is 17.3 Å². The molecule has 4 aromatic rings. The van der Waals surface area contributed by atoms with Gasteiger partial charge in [-0.3, -0.25) is 9.58 Å². The fourth-order valence-corrected chi connectivity index (χ4v) is 4.93. The standard InChI is InChI=1S/C31H31ClF2N6O2/c1-5-9-26(23(32)6-2)35-30-22-16-39(3)18-27(22)36-31(37-30)29-20-10-7-8-11-28(20)40(38-29)17-21-24(33)14-19(15-25(21)34)42-13-12-41-4/h5-11,14-15H,1,12-13,16-18H2,2-4H3,(H,35,36,37)/b23-6+,26-9+. The summed E-state index contributed by atoms with van der Waals surface area (Å²) in [6, 6.07) is 9.80. The van der Waals surface area contributed by atoms with Crippen molar-refractivity contribution in [2.45, 2.75) is 26.6 Å². The molecule has 2 aromatic heterocycles. The summed E-state index contributed by atoms with van der Waals surface area (Å²) in [5.74, 6) is -0.370. The average Bonchev–Trinajstić information content (AvgIpc) is 3.54. The predicted molar refractivity (Wildman–Crippen MR) is 160 cm³/mol. The van der Waals surface area contributed by atoms with Gasteiger partial charge in [-0.15, -0.1) is 0 Å². The Balaban J connectivity index is 1.56. The SMILES string of the molecule is C=C/C=C(Nc1nc(-c2nn(Cc3c(F)cc(OCCOC)cc3F)c3ccccc23)nc2c1CN(C)C2)\C(Cl)=C/C. The van der Waals surface area contributed by atoms with Gasteiger partial charge in [-0.2, -0.15) is 5.10 Å². The van der Waals surface area contributed by atoms with Gasteiger partial charge in [0.2, 0.25) is 0 Å². The number of nitrogens with one attached hydrogen (secondary N) is 1. The topological polar surface area (TPSA) is 77.3 Å². The Morgan fingerprint density at radius 2 is 1.90 bits per heavy atom. The molecule has 2 aromatic carbocycles. The third-order valence-corrected chi connectivity index (χ3v) is 7.26. The van der Waals surface area contributed by atoms with Gasteiger partial charge in [-0.25, -0.2) is 18.7 Å². The summed E-state index contributed by atoms with van der Waals surface area (Å²) in [6.07, 6.45) is 5.20. The van der Waals surface area contributed by atoms with Crippen LogP contribution in [0.1, 0.15) is 23.7 Å². The summed E-state index contributed by atoms with van der Waals surface area (Å²) in [5.41, 5.74) is 3.51. The Morgan fingerprint density at radius 1 is 1.14 bits per heavy atom. The zero-order valence-electron chi connectivity index (χ0n) is 23.6. The van der Waals surface area contributed by atoms with Crippen molar-refractivity contribution in [1.82, 2.24) is 24.6 Å². The smallest absolute Gasteiger partial charge is 0.183 e. The summed E-state index contributed by atoms with van der Waals surface area (Å²) >= 11 is 6.46. The lowest BCUT2D eigenvalue weighted by Crippen LogP contribution is -2.10. The van der Waals surface area contributed by atoms with Gasteiger partial charge in [0, 0.05) is 48.8 Å². The minimum Gasteiger partial charge on any atom is -0.491 e. The van der Waals surface area contributed by atoms with E-state index >= 15 is 8.78 Å². The lowest BCUT2D eigenvalue weighted by atomic mass is 10.1. The van der Waals surface area contributed by atoms with E-state index < -0.39 is 11.6 Å². The highest BCUT2D eigenvalue weighted by atomic mass is 35.5. The van der Waals surface area contributed by atoms with Gasteiger partial charge in [-0.1, -0.05) is 48.5 Å². The molecule has 8 nitrogen and oxygen atoms in total. The molecule has 1 N–H and O–H groups in total. The second-order valence-corrected chi connectivity index (χ2v) is 10.2. The molecular formula is C31H31ClF2N6O2. The van der Waals surface area contributed by atoms with E-state index in [-0.39, 0.29) is 24.5 Å². The van der Waals surface area contributed by atoms with Crippen molar-refractivity contribution in [3.05, 3.63) is 100 Å². The first-order valence-corrected chi connectivity index (χ1v) is 13.8. The van der Waals surface area contributed by atoms with Crippen LogP contribution in [0.25, 0.3) is 22.4 Å². The molecule has 42 heavy (non-hydrogen) atoms. The first-order valence-electron chi connectivity index (χ1n) is 13.4. The van der Waals surface area contributed by atoms with Gasteiger partial charge in [0.05, 0.1) is 35.1 Å². The summed E-state index contributed by atoms with van der Waals surface area (Å²) < 4.78 is 42.1. The Morgan fingerprint density at radius 3 is 2.62 bits per heavy atom. The van der Waals surface area contributed by atoms with Crippen LogP contribution in [0, 0.1) is 11.6 Å². The summed E-state index contributed by atoms with van der Waals surface area (Å²) in [4.78, 5) is 11.9. The van der Waals surface area contributed by atoms with Crippen molar-refractivity contribution in [2.24, 2.45) is 0 Å². The molecule has 218 valence electrons. The van der Waals surface area contributed by atoms with Crippen LogP contribution in [0.5, 0.6) is 5.75 Å². The Kier molecular flexibility index (Phi) is 8.96. The van der Waals surface area contributed by atoms with Crippen molar-refractivity contribution >= 4 is 28.3 Å². The molecule has 11 heteroatoms. The molecule has 0 saturated heterocycles. The number of para-hydroxylation sites is 1. The Bertz CT molecular complexity index is 1680. The van der Waals surface area contributed by atoms with Gasteiger partial charge in [-0.05, 0) is 26.1 Å². The molecule has 3 heterocycles. The van der Waals surface area contributed by atoms with Crippen LogP contribution >= 0.6 is 11.6 Å². The van der Waals surface area contributed by atoms with Crippen LogP contribution in [-0.2, 0) is 24.4 Å². The van der Waals surface area contributed by atoms with E-state index in [9.17, 15) is 0 Å². The fourth-order valence-electron chi connectivity index (χ4n) is 4.82. The van der Waals surface area contributed by atoms with E-state index in [1.165, 1.54) is 19.2 Å². The van der Waals surface area contributed by atoms with Crippen molar-refractivity contribution in [1.29, 1.82) is 0 Å². The van der Waals surface area contributed by atoms with Crippen LogP contribution in [0.15, 0.2) is 71.9 Å². The minimum absolute atomic E-state index is 0.0937. The molecule has 0 radical (unpaired) electrons. The first kappa shape index (κ1) is 29.4. The normalized spacial score (nSPS) is 14.0. The van der Waals surface area contributed by atoms with Crippen molar-refractivity contribution in [2.75, 3.05) is 32.7 Å². The molecule has 0 atom stereocenters. The molecule has 0 fully saturated rings. The number of methoxy groups -OCH3 is 1. The average molecular weight is 593 g/mol. The number of fused-ring (bicyclic) bond motifs is 2. The molecule has 0 amide bonds. The largest absolute Gasteiger partial charge is 0.491 e. The number of anilines is 1. The molecule has 5 rings (SSSR count). The second kappa shape index (κ2) is 12.8. The molecular weight excluding hydrogens is 562 g/mol. The first-order chi connectivity index (χ1) is 20.3. The summed E-state index contributed by atoms with van der Waals surface area (Å²) in [6.45, 7) is 7.27. The molecule has 0 aliphatic carbocycles. The monoisotopic (exact) mass is 592 g/mol. The zero-order valence-corrected chi connectivity index (χ0v) is 24.4. The van der Waals surface area contributed by atoms with Gasteiger partial charge in [0.25, 0.3) is 0 Å². The van der Waals surface area contributed by atoms with Crippen LogP contribution in [0.4, 0.5) is 14.6 Å². The third-order valence-electron chi connectivity index (χ3n) is 6.84. The maximum absolute atomic E-state index is 15.1. The highest BCUT2D eigenvalue weighted by Crippen LogP contribution is 2.33. The molecule has 0 spiro atoms. The fraction of sp³-hybridized carbons (Fsp3) is 0.258. The van der Waals surface area contributed by atoms with E-state index in [1.807, 2.05) is 38.2 Å². The number of aromatic nitrogens is 4. The highest BCUT2D eigenvalue weighted by Gasteiger charge is 2.26. The van der Waals surface area contributed by atoms with Gasteiger partial charge in [0.1, 0.15) is 35.5 Å². The molecule has 1 aliphatic heterocycles. The van der Waals surface area contributed by atoms with Crippen molar-refractivity contribution in [3.63, 3.8) is 0 Å². The van der Waals surface area contributed by atoms with E-state index in [1.54, 1.807) is 22.9 Å². The van der Waals surface area contributed by atoms with Gasteiger partial charge in [0.15, 0.2) is 5.82 Å². The number of ether oxygens (including phenoxy) is 2. The number of hydrogen-bond acceptors (Lipinski definition) is 7. The van der Waals surface area contributed by atoms with E-state index in [4.69, 9.17) is 36.1 Å². The van der Waals surface area contributed by atoms with Crippen molar-refractivity contribution < 1.29 is 18.3 Å². The van der Waals surface area contributed by atoms with E-state index in [0.717, 1.165) is 16.6 Å². The number of rotatable bonds is 11. The van der Waals surface area contributed by atoms with Gasteiger partial charge >= 0.3 is 0 Å². The maximum Gasteiger partial charge on any atom is 0.183 e. The van der Waals surface area contributed by atoms with Crippen LogP contribution in [0.3, 0.4) is 0 Å². The molecule has 0 bridgehead atoms. The Hall–Kier alpha value is -4.12. The zero-order chi connectivity index (χ0) is 29.8. The molecule has 0 unspecified atom stereocenters. The molecule has 0 saturated carbocycles. The number of hydrogen-bond donors (Lipinski definition) is 1. The lowest BCUT2D eigenvalue weighted by molar-refractivity contribution is 0.146.